The Morgan fingerprint density at radius 1 is 1.00 bits per heavy atom. The Morgan fingerprint density at radius 2 is 1.64 bits per heavy atom. The molecular weight excluding hydrogens is 276 g/mol. The van der Waals surface area contributed by atoms with Crippen molar-refractivity contribution in [3.8, 4) is 0 Å². The molecule has 0 N–H and O–H groups in total. The predicted molar refractivity (Wildman–Crippen MR) is 91.0 cm³/mol. The average molecular weight is 308 g/mol. The molecule has 3 rings (SSSR count). The molecule has 0 aliphatic carbocycles. The fourth-order valence-electron chi connectivity index (χ4n) is 2.81. The number of amides is 1. The van der Waals surface area contributed by atoms with Crippen LogP contribution in [0.15, 0.2) is 6.07 Å². The second-order valence-electron chi connectivity index (χ2n) is 5.33. The number of rotatable bonds is 1. The zero-order chi connectivity index (χ0) is 16.5. The monoisotopic (exact) mass is 308 g/mol. The fourth-order valence-corrected chi connectivity index (χ4v) is 2.81. The Bertz CT molecular complexity index is 450. The van der Waals surface area contributed by atoms with Crippen molar-refractivity contribution < 1.29 is 4.79 Å². The summed E-state index contributed by atoms with van der Waals surface area (Å²) < 4.78 is 2.01. The van der Waals surface area contributed by atoms with Gasteiger partial charge in [0.25, 0.3) is 5.91 Å². The highest BCUT2D eigenvalue weighted by Crippen LogP contribution is 2.16. The van der Waals surface area contributed by atoms with Crippen LogP contribution in [-0.2, 0) is 13.1 Å². The van der Waals surface area contributed by atoms with E-state index in [4.69, 9.17) is 0 Å². The van der Waals surface area contributed by atoms with Gasteiger partial charge in [0.1, 0.15) is 0 Å². The molecule has 1 saturated heterocycles. The Hall–Kier alpha value is -1.36. The van der Waals surface area contributed by atoms with E-state index < -0.39 is 0 Å². The minimum atomic E-state index is 0.107. The zero-order valence-corrected chi connectivity index (χ0v) is 14.9. The summed E-state index contributed by atoms with van der Waals surface area (Å²) >= 11 is 0. The van der Waals surface area contributed by atoms with Gasteiger partial charge in [0.15, 0.2) is 5.69 Å². The van der Waals surface area contributed by atoms with Gasteiger partial charge in [-0.05, 0) is 32.4 Å². The standard InChI is InChI=1S/C13H20N4O.2C2H6/c1-15-5-4-8-17-11(10-15)9-12(14-17)13(18)16-6-2-3-7-16;2*1-2/h9H,2-8,10H2,1H3;2*1-2H3. The number of likely N-dealkylation sites (tertiary alicyclic amines) is 1. The molecule has 0 atom stereocenters. The highest BCUT2D eigenvalue weighted by Gasteiger charge is 2.23. The highest BCUT2D eigenvalue weighted by molar-refractivity contribution is 5.92. The van der Waals surface area contributed by atoms with Crippen molar-refractivity contribution in [2.24, 2.45) is 0 Å². The minimum absolute atomic E-state index is 0.107. The summed E-state index contributed by atoms with van der Waals surface area (Å²) in [5.74, 6) is 0.107. The number of aryl methyl sites for hydroxylation is 1. The van der Waals surface area contributed by atoms with Crippen LogP contribution in [-0.4, -0.2) is 52.2 Å². The van der Waals surface area contributed by atoms with Crippen LogP contribution in [0, 0.1) is 0 Å². The molecule has 1 aromatic heterocycles. The fraction of sp³-hybridized carbons (Fsp3) is 0.765. The van der Waals surface area contributed by atoms with E-state index in [1.165, 1.54) is 0 Å². The Balaban J connectivity index is 0.000000561. The SMILES string of the molecule is CC.CC.CN1CCCn2nc(C(=O)N3CCCC3)cc2C1. The molecule has 2 aliphatic heterocycles. The van der Waals surface area contributed by atoms with Crippen molar-refractivity contribution >= 4 is 5.91 Å². The maximum absolute atomic E-state index is 12.3. The van der Waals surface area contributed by atoms with Gasteiger partial charge in [-0.3, -0.25) is 9.48 Å². The molecule has 0 bridgehead atoms. The molecule has 5 nitrogen and oxygen atoms in total. The molecule has 0 spiro atoms. The smallest absolute Gasteiger partial charge is 0.274 e. The van der Waals surface area contributed by atoms with Crippen LogP contribution < -0.4 is 0 Å². The maximum atomic E-state index is 12.3. The third-order valence-electron chi connectivity index (χ3n) is 3.82. The molecule has 3 heterocycles. The lowest BCUT2D eigenvalue weighted by Crippen LogP contribution is -2.28. The highest BCUT2D eigenvalue weighted by atomic mass is 16.2. The lowest BCUT2D eigenvalue weighted by atomic mass is 10.3. The van der Waals surface area contributed by atoms with Gasteiger partial charge in [-0.15, -0.1) is 0 Å². The normalized spacial score (nSPS) is 17.6. The Labute approximate surface area is 135 Å². The minimum Gasteiger partial charge on any atom is -0.337 e. The molecule has 1 aromatic rings. The predicted octanol–water partition coefficient (Wildman–Crippen LogP) is 3.01. The third kappa shape index (κ3) is 4.57. The first-order valence-corrected chi connectivity index (χ1v) is 8.78. The first-order valence-electron chi connectivity index (χ1n) is 8.78. The maximum Gasteiger partial charge on any atom is 0.274 e. The molecule has 1 fully saturated rings. The van der Waals surface area contributed by atoms with Gasteiger partial charge in [0, 0.05) is 32.7 Å². The van der Waals surface area contributed by atoms with Crippen molar-refractivity contribution in [3.05, 3.63) is 17.5 Å². The molecular formula is C17H32N4O. The number of aromatic nitrogens is 2. The van der Waals surface area contributed by atoms with E-state index in [-0.39, 0.29) is 5.91 Å². The zero-order valence-electron chi connectivity index (χ0n) is 14.9. The summed E-state index contributed by atoms with van der Waals surface area (Å²) in [6, 6.07) is 1.97. The van der Waals surface area contributed by atoms with Crippen LogP contribution in [0.1, 0.15) is 63.1 Å². The van der Waals surface area contributed by atoms with Gasteiger partial charge >= 0.3 is 0 Å². The first-order chi connectivity index (χ1) is 10.7. The molecule has 22 heavy (non-hydrogen) atoms. The second kappa shape index (κ2) is 9.62. The Kier molecular flexibility index (Phi) is 8.17. The molecule has 0 radical (unpaired) electrons. The van der Waals surface area contributed by atoms with Gasteiger partial charge < -0.3 is 9.80 Å². The van der Waals surface area contributed by atoms with Crippen LogP contribution in [0.5, 0.6) is 0 Å². The van der Waals surface area contributed by atoms with E-state index in [0.29, 0.717) is 5.69 Å². The second-order valence-corrected chi connectivity index (χ2v) is 5.33. The van der Waals surface area contributed by atoms with Crippen molar-refractivity contribution in [3.63, 3.8) is 0 Å². The third-order valence-corrected chi connectivity index (χ3v) is 3.82. The lowest BCUT2D eigenvalue weighted by Gasteiger charge is -2.13. The average Bonchev–Trinajstić information content (AvgIpc) is 3.18. The van der Waals surface area contributed by atoms with Crippen molar-refractivity contribution in [1.29, 1.82) is 0 Å². The number of carbonyl (C=O) groups excluding carboxylic acids is 1. The van der Waals surface area contributed by atoms with E-state index in [1.807, 2.05) is 43.3 Å². The van der Waals surface area contributed by atoms with E-state index in [2.05, 4.69) is 17.0 Å². The molecule has 5 heteroatoms. The first kappa shape index (κ1) is 18.7. The summed E-state index contributed by atoms with van der Waals surface area (Å²) in [6.07, 6.45) is 3.35. The van der Waals surface area contributed by atoms with Crippen molar-refractivity contribution in [2.75, 3.05) is 26.7 Å². The summed E-state index contributed by atoms with van der Waals surface area (Å²) in [5, 5.41) is 4.49. The van der Waals surface area contributed by atoms with Crippen LogP contribution >= 0.6 is 0 Å². The van der Waals surface area contributed by atoms with Gasteiger partial charge in [0.05, 0.1) is 5.69 Å². The summed E-state index contributed by atoms with van der Waals surface area (Å²) in [7, 11) is 2.12. The van der Waals surface area contributed by atoms with Crippen LogP contribution in [0.3, 0.4) is 0 Å². The molecule has 126 valence electrons. The van der Waals surface area contributed by atoms with Crippen molar-refractivity contribution in [2.45, 2.75) is 60.0 Å². The molecule has 0 aromatic carbocycles. The number of nitrogens with zero attached hydrogens (tertiary/aromatic N) is 4. The Morgan fingerprint density at radius 3 is 2.27 bits per heavy atom. The number of hydrogen-bond donors (Lipinski definition) is 0. The van der Waals surface area contributed by atoms with Crippen LogP contribution in [0.4, 0.5) is 0 Å². The lowest BCUT2D eigenvalue weighted by molar-refractivity contribution is 0.0786. The van der Waals surface area contributed by atoms with E-state index >= 15 is 0 Å². The van der Waals surface area contributed by atoms with Gasteiger partial charge in [-0.2, -0.15) is 5.10 Å². The number of carbonyl (C=O) groups is 1. The molecule has 0 unspecified atom stereocenters. The van der Waals surface area contributed by atoms with E-state index in [1.54, 1.807) is 0 Å². The molecule has 0 saturated carbocycles. The topological polar surface area (TPSA) is 41.4 Å². The summed E-state index contributed by atoms with van der Waals surface area (Å²) in [4.78, 5) is 16.5. The van der Waals surface area contributed by atoms with Crippen LogP contribution in [0.2, 0.25) is 0 Å². The van der Waals surface area contributed by atoms with Gasteiger partial charge in [-0.25, -0.2) is 0 Å². The molecule has 2 aliphatic rings. The van der Waals surface area contributed by atoms with E-state index in [9.17, 15) is 4.79 Å². The molecule has 1 amide bonds. The van der Waals surface area contributed by atoms with Gasteiger partial charge in [0.2, 0.25) is 0 Å². The number of hydrogen-bond acceptors (Lipinski definition) is 3. The summed E-state index contributed by atoms with van der Waals surface area (Å²) in [5.41, 5.74) is 1.79. The van der Waals surface area contributed by atoms with Gasteiger partial charge in [-0.1, -0.05) is 27.7 Å². The van der Waals surface area contributed by atoms with Crippen LogP contribution in [0.25, 0.3) is 0 Å². The van der Waals surface area contributed by atoms with Crippen molar-refractivity contribution in [1.82, 2.24) is 19.6 Å². The summed E-state index contributed by atoms with van der Waals surface area (Å²) in [6.45, 7) is 12.7. The van der Waals surface area contributed by atoms with E-state index in [0.717, 1.165) is 57.7 Å². The largest absolute Gasteiger partial charge is 0.337 e. The number of fused-ring (bicyclic) bond motifs is 1. The quantitative estimate of drug-likeness (QED) is 0.801.